The van der Waals surface area contributed by atoms with E-state index in [1.165, 1.54) is 0 Å². The molecule has 40 heavy (non-hydrogen) atoms. The molecule has 0 aromatic heterocycles. The summed E-state index contributed by atoms with van der Waals surface area (Å²) in [6.07, 6.45) is -1.26. The van der Waals surface area contributed by atoms with Crippen LogP contribution in [0.2, 0.25) is 0 Å². The standard InChI is InChI=1S/C31H32N2O7/c1-2-21(16-28(34)35)32-30(37)27(17-29(36)39-18-20-10-4-3-5-11-20)33-31(38)40-19-26-24-14-8-6-12-22(24)23-13-7-9-15-25(23)26/h3-15,21,26-27H,2,16-19H2,1H3,(H,32,37)(H,33,38)(H,34,35)/t21?,27-/m0/s1. The molecule has 0 spiro atoms. The van der Waals surface area contributed by atoms with Gasteiger partial charge in [-0.2, -0.15) is 0 Å². The Balaban J connectivity index is 1.41. The summed E-state index contributed by atoms with van der Waals surface area (Å²) in [6.45, 7) is 1.77. The number of benzene rings is 3. The molecule has 1 aliphatic rings. The summed E-state index contributed by atoms with van der Waals surface area (Å²) in [6, 6.07) is 22.9. The van der Waals surface area contributed by atoms with Gasteiger partial charge in [0.05, 0.1) is 12.8 Å². The van der Waals surface area contributed by atoms with E-state index in [0.29, 0.717) is 6.42 Å². The highest BCUT2D eigenvalue weighted by Gasteiger charge is 2.31. The predicted octanol–water partition coefficient (Wildman–Crippen LogP) is 4.40. The number of ether oxygens (including phenoxy) is 2. The number of amides is 2. The number of fused-ring (bicyclic) bond motifs is 3. The Bertz CT molecular complexity index is 1310. The average molecular weight is 545 g/mol. The molecule has 3 aromatic carbocycles. The number of hydrogen-bond acceptors (Lipinski definition) is 6. The normalized spacial score (nSPS) is 13.3. The number of nitrogens with one attached hydrogen (secondary N) is 2. The van der Waals surface area contributed by atoms with Crippen LogP contribution in [0.3, 0.4) is 0 Å². The van der Waals surface area contributed by atoms with Gasteiger partial charge in [-0.15, -0.1) is 0 Å². The highest BCUT2D eigenvalue weighted by molar-refractivity contribution is 5.90. The van der Waals surface area contributed by atoms with Gasteiger partial charge in [0, 0.05) is 12.0 Å². The van der Waals surface area contributed by atoms with Crippen molar-refractivity contribution >= 4 is 23.9 Å². The van der Waals surface area contributed by atoms with Gasteiger partial charge >= 0.3 is 18.0 Å². The van der Waals surface area contributed by atoms with Crippen LogP contribution in [-0.4, -0.2) is 47.7 Å². The molecule has 0 aliphatic heterocycles. The number of aliphatic carboxylic acids is 1. The van der Waals surface area contributed by atoms with Gasteiger partial charge in [0.1, 0.15) is 19.3 Å². The Kier molecular flexibility index (Phi) is 9.51. The van der Waals surface area contributed by atoms with Gasteiger partial charge in [-0.3, -0.25) is 14.4 Å². The maximum atomic E-state index is 13.0. The van der Waals surface area contributed by atoms with Crippen LogP contribution in [0.5, 0.6) is 0 Å². The molecule has 3 aromatic rings. The van der Waals surface area contributed by atoms with E-state index in [9.17, 15) is 19.2 Å². The molecule has 4 rings (SSSR count). The van der Waals surface area contributed by atoms with E-state index in [-0.39, 0.29) is 25.6 Å². The summed E-state index contributed by atoms with van der Waals surface area (Å²) in [7, 11) is 0. The molecule has 9 nitrogen and oxygen atoms in total. The fraction of sp³-hybridized carbons (Fsp3) is 0.290. The molecule has 0 radical (unpaired) electrons. The van der Waals surface area contributed by atoms with E-state index < -0.39 is 42.4 Å². The summed E-state index contributed by atoms with van der Waals surface area (Å²) in [5.41, 5.74) is 5.00. The lowest BCUT2D eigenvalue weighted by atomic mass is 9.98. The predicted molar refractivity (Wildman–Crippen MR) is 147 cm³/mol. The van der Waals surface area contributed by atoms with Crippen molar-refractivity contribution in [3.63, 3.8) is 0 Å². The van der Waals surface area contributed by atoms with Gasteiger partial charge in [0.15, 0.2) is 0 Å². The molecule has 1 unspecified atom stereocenters. The number of hydrogen-bond donors (Lipinski definition) is 3. The number of carbonyl (C=O) groups excluding carboxylic acids is 3. The van der Waals surface area contributed by atoms with Crippen LogP contribution in [0.25, 0.3) is 11.1 Å². The molecular weight excluding hydrogens is 512 g/mol. The van der Waals surface area contributed by atoms with Crippen LogP contribution in [0, 0.1) is 0 Å². The Morgan fingerprint density at radius 3 is 2.00 bits per heavy atom. The van der Waals surface area contributed by atoms with E-state index in [0.717, 1.165) is 27.8 Å². The van der Waals surface area contributed by atoms with Crippen molar-refractivity contribution in [1.29, 1.82) is 0 Å². The van der Waals surface area contributed by atoms with E-state index in [4.69, 9.17) is 14.6 Å². The number of esters is 1. The van der Waals surface area contributed by atoms with Crippen LogP contribution in [0.4, 0.5) is 4.79 Å². The maximum absolute atomic E-state index is 13.0. The van der Waals surface area contributed by atoms with Crippen molar-refractivity contribution in [3.8, 4) is 11.1 Å². The highest BCUT2D eigenvalue weighted by Crippen LogP contribution is 2.44. The lowest BCUT2D eigenvalue weighted by Gasteiger charge is -2.22. The van der Waals surface area contributed by atoms with Gasteiger partial charge in [0.25, 0.3) is 0 Å². The zero-order chi connectivity index (χ0) is 28.5. The third-order valence-electron chi connectivity index (χ3n) is 6.83. The lowest BCUT2D eigenvalue weighted by Crippen LogP contribution is -2.51. The molecule has 9 heteroatoms. The quantitative estimate of drug-likeness (QED) is 0.288. The first-order valence-electron chi connectivity index (χ1n) is 13.2. The molecule has 1 aliphatic carbocycles. The van der Waals surface area contributed by atoms with Gasteiger partial charge in [-0.25, -0.2) is 4.79 Å². The van der Waals surface area contributed by atoms with Crippen LogP contribution < -0.4 is 10.6 Å². The second-order valence-corrected chi connectivity index (χ2v) is 9.58. The van der Waals surface area contributed by atoms with Crippen molar-refractivity contribution in [1.82, 2.24) is 10.6 Å². The molecule has 0 fully saturated rings. The van der Waals surface area contributed by atoms with Crippen molar-refractivity contribution in [2.24, 2.45) is 0 Å². The van der Waals surface area contributed by atoms with Gasteiger partial charge < -0.3 is 25.2 Å². The summed E-state index contributed by atoms with van der Waals surface area (Å²) < 4.78 is 10.9. The second-order valence-electron chi connectivity index (χ2n) is 9.58. The largest absolute Gasteiger partial charge is 0.481 e. The van der Waals surface area contributed by atoms with Crippen LogP contribution >= 0.6 is 0 Å². The topological polar surface area (TPSA) is 131 Å². The van der Waals surface area contributed by atoms with Crippen molar-refractivity contribution in [3.05, 3.63) is 95.6 Å². The number of rotatable bonds is 12. The summed E-state index contributed by atoms with van der Waals surface area (Å²) in [4.78, 5) is 49.7. The second kappa shape index (κ2) is 13.4. The Hall–Kier alpha value is -4.66. The summed E-state index contributed by atoms with van der Waals surface area (Å²) in [5.74, 6) is -2.65. The van der Waals surface area contributed by atoms with Crippen molar-refractivity contribution in [2.75, 3.05) is 6.61 Å². The van der Waals surface area contributed by atoms with Crippen molar-refractivity contribution in [2.45, 2.75) is 50.8 Å². The molecule has 0 heterocycles. The molecule has 3 N–H and O–H groups in total. The Labute approximate surface area is 232 Å². The Morgan fingerprint density at radius 1 is 0.800 bits per heavy atom. The molecule has 2 amide bonds. The van der Waals surface area contributed by atoms with E-state index >= 15 is 0 Å². The number of carboxylic acid groups (broad SMARTS) is 1. The smallest absolute Gasteiger partial charge is 0.407 e. The number of carboxylic acids is 1. The average Bonchev–Trinajstić information content (AvgIpc) is 3.28. The first-order valence-corrected chi connectivity index (χ1v) is 13.2. The molecule has 0 saturated carbocycles. The first kappa shape index (κ1) is 28.4. The summed E-state index contributed by atoms with van der Waals surface area (Å²) in [5, 5.41) is 14.2. The third kappa shape index (κ3) is 7.25. The maximum Gasteiger partial charge on any atom is 0.407 e. The number of alkyl carbamates (subject to hydrolysis) is 1. The monoisotopic (exact) mass is 544 g/mol. The molecule has 2 atom stereocenters. The van der Waals surface area contributed by atoms with Crippen LogP contribution in [0.15, 0.2) is 78.9 Å². The van der Waals surface area contributed by atoms with E-state index in [1.807, 2.05) is 66.7 Å². The van der Waals surface area contributed by atoms with Gasteiger partial charge in [0.2, 0.25) is 5.91 Å². The zero-order valence-corrected chi connectivity index (χ0v) is 22.2. The Morgan fingerprint density at radius 2 is 1.40 bits per heavy atom. The third-order valence-corrected chi connectivity index (χ3v) is 6.83. The van der Waals surface area contributed by atoms with E-state index in [1.54, 1.807) is 19.1 Å². The van der Waals surface area contributed by atoms with Crippen LogP contribution in [0.1, 0.15) is 48.8 Å². The minimum Gasteiger partial charge on any atom is -0.481 e. The van der Waals surface area contributed by atoms with E-state index in [2.05, 4.69) is 10.6 Å². The van der Waals surface area contributed by atoms with Gasteiger partial charge in [-0.05, 0) is 34.2 Å². The fourth-order valence-corrected chi connectivity index (χ4v) is 4.77. The molecular formula is C31H32N2O7. The highest BCUT2D eigenvalue weighted by atomic mass is 16.5. The molecule has 208 valence electrons. The minimum atomic E-state index is -1.32. The summed E-state index contributed by atoms with van der Waals surface area (Å²) >= 11 is 0. The fourth-order valence-electron chi connectivity index (χ4n) is 4.77. The molecule has 0 bridgehead atoms. The van der Waals surface area contributed by atoms with Crippen molar-refractivity contribution < 1.29 is 33.8 Å². The lowest BCUT2D eigenvalue weighted by molar-refractivity contribution is -0.147. The zero-order valence-electron chi connectivity index (χ0n) is 22.2. The number of carbonyl (C=O) groups is 4. The minimum absolute atomic E-state index is 0.00948. The SMILES string of the molecule is CCC(CC(=O)O)NC(=O)[C@H](CC(=O)OCc1ccccc1)NC(=O)OCC1c2ccccc2-c2ccccc21. The van der Waals surface area contributed by atoms with Crippen LogP contribution in [-0.2, 0) is 30.5 Å². The molecule has 0 saturated heterocycles. The van der Waals surface area contributed by atoms with Gasteiger partial charge in [-0.1, -0.05) is 85.8 Å². The first-order chi connectivity index (χ1) is 19.4.